The van der Waals surface area contributed by atoms with Crippen LogP contribution in [-0.2, 0) is 12.8 Å². The molecule has 0 saturated carbocycles. The first-order valence-electron chi connectivity index (χ1n) is 17.1. The van der Waals surface area contributed by atoms with Crippen LogP contribution in [0, 0.1) is 12.8 Å². The number of allylic oxidation sites excluding steroid dienone is 2. The number of anilines is 2. The predicted octanol–water partition coefficient (Wildman–Crippen LogP) is 4.53. The number of H-pyrrole nitrogens is 3. The molecule has 1 fully saturated rings. The summed E-state index contributed by atoms with van der Waals surface area (Å²) in [7, 11) is 2.76. The van der Waals surface area contributed by atoms with Crippen LogP contribution in [0.5, 0.6) is 23.0 Å². The first-order chi connectivity index (χ1) is 25.5. The molecule has 16 heteroatoms. The summed E-state index contributed by atoms with van der Waals surface area (Å²) in [5.41, 5.74) is 11.4. The zero-order valence-corrected chi connectivity index (χ0v) is 29.6. The van der Waals surface area contributed by atoms with E-state index in [1.807, 2.05) is 6.92 Å². The molecular formula is C37H34ClN7O8. The molecule has 4 aliphatic rings. The maximum atomic E-state index is 14.3. The summed E-state index contributed by atoms with van der Waals surface area (Å²) in [4.78, 5) is 67.4. The number of aromatic nitrogens is 3. The molecule has 2 atom stereocenters. The van der Waals surface area contributed by atoms with E-state index in [1.165, 1.54) is 30.1 Å². The standard InChI is InChI=1S/C37H34ClN7O8/c1-14-12-40-28-23(46)10-22-25(24(14)28)15(11-38)13-45(22)36(50)21-9-18-16-4-6-43(29(16)31(47)33(52-2)26(18)42-21)35(49)20-8-19-17-5-7-44(37(39)51)30(17)32(48)34(53-3)27(19)41-20/h8-10,12,15,25,40-42,47-48H,4-7,11,13H2,1-3H3,(H2,39,51). The van der Waals surface area contributed by atoms with Crippen LogP contribution in [0.25, 0.3) is 21.8 Å². The molecule has 1 aliphatic carbocycles. The van der Waals surface area contributed by atoms with Gasteiger partial charge in [-0.25, -0.2) is 4.79 Å². The van der Waals surface area contributed by atoms with Gasteiger partial charge in [0.05, 0.1) is 42.3 Å². The summed E-state index contributed by atoms with van der Waals surface area (Å²) >= 11 is 6.44. The maximum Gasteiger partial charge on any atom is 0.319 e. The number of rotatable bonds is 5. The van der Waals surface area contributed by atoms with Gasteiger partial charge in [-0.15, -0.1) is 11.6 Å². The number of methoxy groups -OCH3 is 2. The third kappa shape index (κ3) is 4.33. The third-order valence-electron chi connectivity index (χ3n) is 11.2. The smallest absolute Gasteiger partial charge is 0.319 e. The second-order valence-electron chi connectivity index (χ2n) is 13.8. The molecule has 0 radical (unpaired) electrons. The molecule has 9 rings (SSSR count). The number of carbonyl (C=O) groups is 4. The minimum Gasteiger partial charge on any atom is -0.503 e. The van der Waals surface area contributed by atoms with Crippen molar-refractivity contribution in [1.29, 1.82) is 0 Å². The van der Waals surface area contributed by atoms with Crippen LogP contribution >= 0.6 is 11.6 Å². The summed E-state index contributed by atoms with van der Waals surface area (Å²) in [6.07, 6.45) is 4.07. The lowest BCUT2D eigenvalue weighted by atomic mass is 9.81. The van der Waals surface area contributed by atoms with Gasteiger partial charge in [-0.1, -0.05) is 0 Å². The van der Waals surface area contributed by atoms with Crippen molar-refractivity contribution in [2.45, 2.75) is 25.7 Å². The number of phenolic OH excluding ortho intramolecular Hbond substituents is 2. The third-order valence-corrected chi connectivity index (χ3v) is 11.6. The minimum absolute atomic E-state index is 0.0576. The Labute approximate surface area is 305 Å². The number of alkyl halides is 1. The van der Waals surface area contributed by atoms with E-state index in [4.69, 9.17) is 26.8 Å². The fraction of sp³-hybridized carbons (Fsp3) is 0.297. The second kappa shape index (κ2) is 11.5. The van der Waals surface area contributed by atoms with Gasteiger partial charge in [-0.3, -0.25) is 19.3 Å². The van der Waals surface area contributed by atoms with Gasteiger partial charge in [0.1, 0.15) is 11.4 Å². The van der Waals surface area contributed by atoms with E-state index in [-0.39, 0.29) is 88.3 Å². The van der Waals surface area contributed by atoms with Gasteiger partial charge in [0.25, 0.3) is 11.8 Å². The molecule has 3 aliphatic heterocycles. The fourth-order valence-electron chi connectivity index (χ4n) is 8.93. The summed E-state index contributed by atoms with van der Waals surface area (Å²) in [5, 5.41) is 23.9. The van der Waals surface area contributed by atoms with Crippen LogP contribution in [0.4, 0.5) is 16.2 Å². The Morgan fingerprint density at radius 3 is 2.00 bits per heavy atom. The number of halogens is 1. The molecule has 6 heterocycles. The molecule has 4 amide bonds. The van der Waals surface area contributed by atoms with Crippen LogP contribution in [0.15, 0.2) is 30.1 Å². The Morgan fingerprint density at radius 2 is 1.45 bits per heavy atom. The van der Waals surface area contributed by atoms with Crippen molar-refractivity contribution in [3.05, 3.63) is 69.4 Å². The minimum atomic E-state index is -0.720. The van der Waals surface area contributed by atoms with Crippen molar-refractivity contribution < 1.29 is 38.9 Å². The van der Waals surface area contributed by atoms with Crippen LogP contribution in [0.1, 0.15) is 59.6 Å². The molecule has 2 aromatic carbocycles. The molecule has 53 heavy (non-hydrogen) atoms. The van der Waals surface area contributed by atoms with E-state index in [9.17, 15) is 29.4 Å². The number of aromatic hydroxyl groups is 2. The van der Waals surface area contributed by atoms with E-state index in [2.05, 4.69) is 15.0 Å². The van der Waals surface area contributed by atoms with Crippen LogP contribution in [0.3, 0.4) is 0 Å². The normalized spacial score (nSPS) is 18.8. The van der Waals surface area contributed by atoms with Crippen molar-refractivity contribution in [2.75, 3.05) is 49.5 Å². The van der Waals surface area contributed by atoms with Gasteiger partial charge in [0.15, 0.2) is 23.0 Å². The number of ether oxygens (including phenoxy) is 2. The molecule has 7 N–H and O–H groups in total. The Hall–Kier alpha value is -6.09. The zero-order chi connectivity index (χ0) is 37.2. The maximum absolute atomic E-state index is 14.3. The van der Waals surface area contributed by atoms with Crippen molar-refractivity contribution in [2.24, 2.45) is 11.7 Å². The number of aromatic amines is 3. The largest absolute Gasteiger partial charge is 0.503 e. The molecule has 0 spiro atoms. The molecule has 3 aromatic heterocycles. The van der Waals surface area contributed by atoms with Crippen molar-refractivity contribution in [3.63, 3.8) is 0 Å². The van der Waals surface area contributed by atoms with E-state index in [0.717, 1.165) is 11.1 Å². The summed E-state index contributed by atoms with van der Waals surface area (Å²) in [5.74, 6) is -1.51. The van der Waals surface area contributed by atoms with E-state index in [1.54, 1.807) is 23.2 Å². The Kier molecular flexibility index (Phi) is 7.09. The van der Waals surface area contributed by atoms with Crippen LogP contribution in [-0.4, -0.2) is 93.4 Å². The van der Waals surface area contributed by atoms with Gasteiger partial charge in [0.2, 0.25) is 5.78 Å². The van der Waals surface area contributed by atoms with Gasteiger partial charge in [0, 0.05) is 66.1 Å². The predicted molar refractivity (Wildman–Crippen MR) is 195 cm³/mol. The number of urea groups is 1. The number of nitrogens with two attached hydrogens (primary N) is 1. The number of benzene rings is 2. The van der Waals surface area contributed by atoms with Crippen molar-refractivity contribution in [3.8, 4) is 23.0 Å². The number of hydrogen-bond acceptors (Lipinski definition) is 8. The molecule has 272 valence electrons. The number of phenols is 2. The number of aryl methyl sites for hydroxylation is 1. The first-order valence-corrected chi connectivity index (χ1v) is 17.6. The van der Waals surface area contributed by atoms with Crippen molar-refractivity contribution >= 4 is 68.4 Å². The molecular weight excluding hydrogens is 706 g/mol. The first kappa shape index (κ1) is 32.8. The molecule has 0 bridgehead atoms. The Morgan fingerprint density at radius 1 is 0.906 bits per heavy atom. The lowest BCUT2D eigenvalue weighted by Crippen LogP contribution is -2.34. The molecule has 15 nitrogen and oxygen atoms in total. The lowest BCUT2D eigenvalue weighted by molar-refractivity contribution is 0.0814. The van der Waals surface area contributed by atoms with E-state index in [0.29, 0.717) is 63.7 Å². The number of likely N-dealkylation sites (tertiary alicyclic amines) is 1. The van der Waals surface area contributed by atoms with Crippen LogP contribution in [0.2, 0.25) is 0 Å². The monoisotopic (exact) mass is 739 g/mol. The number of nitrogens with one attached hydrogen (secondary N) is 3. The number of amides is 4. The number of hydrogen-bond donors (Lipinski definition) is 6. The molecule has 2 unspecified atom stereocenters. The van der Waals surface area contributed by atoms with Gasteiger partial charge < -0.3 is 50.2 Å². The number of carbonyl (C=O) groups excluding carboxylic acids is 4. The summed E-state index contributed by atoms with van der Waals surface area (Å²) in [6, 6.07) is 2.61. The fourth-order valence-corrected chi connectivity index (χ4v) is 9.20. The van der Waals surface area contributed by atoms with E-state index >= 15 is 0 Å². The SMILES string of the molecule is COc1c(O)c2c(c3cc(C(=O)N4CCc5c4c(O)c(OC)c4[nH]c(C(=O)N6CC(CCl)C7C6=CC(=O)c6[nH]cc(C)c67)cc54)[nH]c13)CCN2C(N)=O. The number of nitrogens with zero attached hydrogens (tertiary/aromatic N) is 3. The Balaban J connectivity index is 1.10. The zero-order valence-electron chi connectivity index (χ0n) is 28.8. The second-order valence-corrected chi connectivity index (χ2v) is 14.1. The van der Waals surface area contributed by atoms with Crippen molar-refractivity contribution in [1.82, 2.24) is 19.9 Å². The van der Waals surface area contributed by atoms with E-state index < -0.39 is 11.9 Å². The van der Waals surface area contributed by atoms with Gasteiger partial charge >= 0.3 is 6.03 Å². The number of primary amides is 1. The van der Waals surface area contributed by atoms with Gasteiger partial charge in [-0.2, -0.15) is 0 Å². The average molecular weight is 740 g/mol. The van der Waals surface area contributed by atoms with Gasteiger partial charge in [-0.05, 0) is 54.2 Å². The topological polar surface area (TPSA) is 210 Å². The highest BCUT2D eigenvalue weighted by Crippen LogP contribution is 2.52. The molecule has 1 saturated heterocycles. The number of fused-ring (bicyclic) bond motifs is 9. The number of ketones is 1. The van der Waals surface area contributed by atoms with Crippen LogP contribution < -0.4 is 25.0 Å². The Bertz CT molecular complexity index is 2530. The summed E-state index contributed by atoms with van der Waals surface area (Å²) in [6.45, 7) is 2.71. The molecule has 5 aromatic rings. The average Bonchev–Trinajstić information content (AvgIpc) is 3.98. The lowest BCUT2D eigenvalue weighted by Gasteiger charge is -2.24. The highest BCUT2D eigenvalue weighted by molar-refractivity contribution is 6.18. The quantitative estimate of drug-likeness (QED) is 0.141. The highest BCUT2D eigenvalue weighted by atomic mass is 35.5. The summed E-state index contributed by atoms with van der Waals surface area (Å²) < 4.78 is 11.2. The highest BCUT2D eigenvalue weighted by Gasteiger charge is 2.46.